The fraction of sp³-hybridized carbons (Fsp3) is 0.500. The van der Waals surface area contributed by atoms with Crippen LogP contribution in [-0.4, -0.2) is 46.8 Å². The van der Waals surface area contributed by atoms with Crippen molar-refractivity contribution in [2.75, 3.05) is 19.6 Å². The average molecular weight is 277 g/mol. The van der Waals surface area contributed by atoms with E-state index in [1.807, 2.05) is 0 Å². The molecule has 20 heavy (non-hydrogen) atoms. The van der Waals surface area contributed by atoms with Gasteiger partial charge in [0.25, 0.3) is 5.69 Å². The van der Waals surface area contributed by atoms with Crippen molar-refractivity contribution < 1.29 is 10.0 Å². The lowest BCUT2D eigenvalue weighted by Gasteiger charge is -2.28. The van der Waals surface area contributed by atoms with Crippen LogP contribution in [0.3, 0.4) is 0 Å². The van der Waals surface area contributed by atoms with Crippen LogP contribution in [0.1, 0.15) is 25.3 Å². The van der Waals surface area contributed by atoms with Gasteiger partial charge in [0.15, 0.2) is 0 Å². The number of hydrogen-bond donors (Lipinski definition) is 1. The standard InChI is InChI=1S/C14H19N3O3/c1-2-16-7-5-12(6-8-16)15-10-11-9-13(17(19)20)3-4-14(11)18/h3-4,9-10,12,18H,2,5-8H2,1H3. The third-order valence-corrected chi connectivity index (χ3v) is 3.65. The van der Waals surface area contributed by atoms with Gasteiger partial charge in [-0.1, -0.05) is 6.92 Å². The van der Waals surface area contributed by atoms with E-state index in [9.17, 15) is 15.2 Å². The molecule has 6 nitrogen and oxygen atoms in total. The molecule has 0 amide bonds. The van der Waals surface area contributed by atoms with Crippen LogP contribution in [0, 0.1) is 10.1 Å². The fourth-order valence-electron chi connectivity index (χ4n) is 2.33. The van der Waals surface area contributed by atoms with Gasteiger partial charge in [0, 0.05) is 37.0 Å². The van der Waals surface area contributed by atoms with Crippen molar-refractivity contribution in [3.05, 3.63) is 33.9 Å². The van der Waals surface area contributed by atoms with Gasteiger partial charge in [-0.2, -0.15) is 0 Å². The number of phenolic OH excluding ortho intramolecular Hbond substituents is 1. The van der Waals surface area contributed by atoms with Crippen molar-refractivity contribution in [2.24, 2.45) is 4.99 Å². The lowest BCUT2D eigenvalue weighted by atomic mass is 10.1. The summed E-state index contributed by atoms with van der Waals surface area (Å²) in [4.78, 5) is 17.1. The van der Waals surface area contributed by atoms with Crippen molar-refractivity contribution in [1.82, 2.24) is 4.90 Å². The Labute approximate surface area is 117 Å². The molecule has 1 aromatic carbocycles. The maximum Gasteiger partial charge on any atom is 0.270 e. The number of non-ortho nitro benzene ring substituents is 1. The highest BCUT2D eigenvalue weighted by molar-refractivity contribution is 5.84. The van der Waals surface area contributed by atoms with E-state index in [4.69, 9.17) is 0 Å². The summed E-state index contributed by atoms with van der Waals surface area (Å²) in [6, 6.07) is 4.20. The molecule has 1 N–H and O–H groups in total. The van der Waals surface area contributed by atoms with E-state index in [2.05, 4.69) is 16.8 Å². The van der Waals surface area contributed by atoms with Crippen molar-refractivity contribution in [3.63, 3.8) is 0 Å². The van der Waals surface area contributed by atoms with Crippen molar-refractivity contribution in [3.8, 4) is 5.75 Å². The molecule has 1 heterocycles. The zero-order valence-corrected chi connectivity index (χ0v) is 11.5. The molecular formula is C14H19N3O3. The van der Waals surface area contributed by atoms with Crippen LogP contribution in [0.5, 0.6) is 5.75 Å². The van der Waals surface area contributed by atoms with E-state index >= 15 is 0 Å². The van der Waals surface area contributed by atoms with Crippen LogP contribution >= 0.6 is 0 Å². The van der Waals surface area contributed by atoms with E-state index in [-0.39, 0.29) is 17.5 Å². The van der Waals surface area contributed by atoms with E-state index in [1.54, 1.807) is 6.21 Å². The molecule has 0 aliphatic carbocycles. The Morgan fingerprint density at radius 3 is 2.80 bits per heavy atom. The topological polar surface area (TPSA) is 79.0 Å². The molecule has 0 unspecified atom stereocenters. The molecule has 0 atom stereocenters. The number of aromatic hydroxyl groups is 1. The predicted molar refractivity (Wildman–Crippen MR) is 77.5 cm³/mol. The maximum absolute atomic E-state index is 10.7. The third kappa shape index (κ3) is 3.54. The first-order valence-corrected chi connectivity index (χ1v) is 6.83. The minimum absolute atomic E-state index is 0.0188. The fourth-order valence-corrected chi connectivity index (χ4v) is 2.33. The quantitative estimate of drug-likeness (QED) is 0.520. The van der Waals surface area contributed by atoms with Gasteiger partial charge >= 0.3 is 0 Å². The van der Waals surface area contributed by atoms with Gasteiger partial charge < -0.3 is 10.0 Å². The molecule has 6 heteroatoms. The number of nitro benzene ring substituents is 1. The van der Waals surface area contributed by atoms with E-state index < -0.39 is 4.92 Å². The molecule has 1 fully saturated rings. The Balaban J connectivity index is 2.04. The van der Waals surface area contributed by atoms with Gasteiger partial charge in [-0.15, -0.1) is 0 Å². The van der Waals surface area contributed by atoms with Gasteiger partial charge in [0.1, 0.15) is 5.75 Å². The number of likely N-dealkylation sites (tertiary alicyclic amines) is 1. The van der Waals surface area contributed by atoms with Gasteiger partial charge in [-0.3, -0.25) is 15.1 Å². The van der Waals surface area contributed by atoms with Gasteiger partial charge in [-0.25, -0.2) is 0 Å². The molecule has 0 saturated carbocycles. The lowest BCUT2D eigenvalue weighted by Crippen LogP contribution is -2.35. The Morgan fingerprint density at radius 2 is 2.20 bits per heavy atom. The number of nitrogens with zero attached hydrogens (tertiary/aromatic N) is 3. The normalized spacial score (nSPS) is 17.6. The number of hydrogen-bond acceptors (Lipinski definition) is 5. The summed E-state index contributed by atoms with van der Waals surface area (Å²) in [6.45, 7) is 5.26. The van der Waals surface area contributed by atoms with E-state index in [0.29, 0.717) is 5.56 Å². The summed E-state index contributed by atoms with van der Waals surface area (Å²) in [5.74, 6) is 0.0188. The van der Waals surface area contributed by atoms with Gasteiger partial charge in [0.05, 0.1) is 11.0 Å². The number of rotatable bonds is 4. The largest absolute Gasteiger partial charge is 0.507 e. The van der Waals surface area contributed by atoms with Crippen LogP contribution in [0.15, 0.2) is 23.2 Å². The smallest absolute Gasteiger partial charge is 0.270 e. The van der Waals surface area contributed by atoms with E-state index in [1.165, 1.54) is 18.2 Å². The number of piperidine rings is 1. The van der Waals surface area contributed by atoms with Crippen molar-refractivity contribution in [2.45, 2.75) is 25.8 Å². The minimum atomic E-state index is -0.476. The van der Waals surface area contributed by atoms with Crippen molar-refractivity contribution in [1.29, 1.82) is 0 Å². The second kappa shape index (κ2) is 6.47. The zero-order chi connectivity index (χ0) is 14.5. The summed E-state index contributed by atoms with van der Waals surface area (Å²) in [7, 11) is 0. The second-order valence-electron chi connectivity index (χ2n) is 4.94. The van der Waals surface area contributed by atoms with Crippen LogP contribution in [-0.2, 0) is 0 Å². The van der Waals surface area contributed by atoms with Gasteiger partial charge in [0.2, 0.25) is 0 Å². The van der Waals surface area contributed by atoms with Crippen LogP contribution in [0.2, 0.25) is 0 Å². The highest BCUT2D eigenvalue weighted by Crippen LogP contribution is 2.22. The third-order valence-electron chi connectivity index (χ3n) is 3.65. The first-order chi connectivity index (χ1) is 9.60. The first kappa shape index (κ1) is 14.5. The van der Waals surface area contributed by atoms with Gasteiger partial charge in [-0.05, 0) is 25.5 Å². The lowest BCUT2D eigenvalue weighted by molar-refractivity contribution is -0.384. The Hall–Kier alpha value is -1.95. The molecular weight excluding hydrogens is 258 g/mol. The molecule has 1 aliphatic rings. The second-order valence-corrected chi connectivity index (χ2v) is 4.94. The molecule has 108 valence electrons. The number of phenols is 1. The monoisotopic (exact) mass is 277 g/mol. The molecule has 1 aliphatic heterocycles. The average Bonchev–Trinajstić information content (AvgIpc) is 2.46. The number of nitro groups is 1. The van der Waals surface area contributed by atoms with Crippen LogP contribution in [0.25, 0.3) is 0 Å². The first-order valence-electron chi connectivity index (χ1n) is 6.83. The summed E-state index contributed by atoms with van der Waals surface area (Å²) in [5.41, 5.74) is 0.363. The van der Waals surface area contributed by atoms with Crippen LogP contribution < -0.4 is 0 Å². The summed E-state index contributed by atoms with van der Waals surface area (Å²) >= 11 is 0. The minimum Gasteiger partial charge on any atom is -0.507 e. The van der Waals surface area contributed by atoms with Crippen LogP contribution in [0.4, 0.5) is 5.69 Å². The number of benzene rings is 1. The Bertz CT molecular complexity index is 508. The molecule has 0 bridgehead atoms. The highest BCUT2D eigenvalue weighted by atomic mass is 16.6. The Kier molecular flexibility index (Phi) is 4.68. The predicted octanol–water partition coefficient (Wildman–Crippen LogP) is 2.20. The molecule has 0 aromatic heterocycles. The summed E-state index contributed by atoms with van der Waals surface area (Å²) in [6.07, 6.45) is 3.52. The summed E-state index contributed by atoms with van der Waals surface area (Å²) in [5, 5.41) is 20.4. The maximum atomic E-state index is 10.7. The molecule has 0 radical (unpaired) electrons. The SMILES string of the molecule is CCN1CCC(N=Cc2cc([N+](=O)[O-])ccc2O)CC1. The number of aliphatic imine (C=N–C) groups is 1. The van der Waals surface area contributed by atoms with E-state index in [0.717, 1.165) is 32.5 Å². The molecule has 0 spiro atoms. The Morgan fingerprint density at radius 1 is 1.50 bits per heavy atom. The highest BCUT2D eigenvalue weighted by Gasteiger charge is 2.16. The molecule has 1 saturated heterocycles. The zero-order valence-electron chi connectivity index (χ0n) is 11.5. The molecule has 2 rings (SSSR count). The van der Waals surface area contributed by atoms with Crippen molar-refractivity contribution >= 4 is 11.9 Å². The summed E-state index contributed by atoms with van der Waals surface area (Å²) < 4.78 is 0. The molecule has 1 aromatic rings.